The molecule has 0 aliphatic carbocycles. The summed E-state index contributed by atoms with van der Waals surface area (Å²) in [6, 6.07) is 5.07. The summed E-state index contributed by atoms with van der Waals surface area (Å²) in [6.45, 7) is 1.29. The molecule has 1 fully saturated rings. The number of carboxylic acid groups (broad SMARTS) is 1. The molecular formula is C12H12N2O4S. The van der Waals surface area contributed by atoms with Crippen LogP contribution >= 0.6 is 0 Å². The molecule has 7 heteroatoms. The van der Waals surface area contributed by atoms with Crippen molar-refractivity contribution in [3.8, 4) is 0 Å². The van der Waals surface area contributed by atoms with Gasteiger partial charge in [0.25, 0.3) is 6.01 Å². The molecular weight excluding hydrogens is 268 g/mol. The van der Waals surface area contributed by atoms with E-state index < -0.39 is 16.8 Å². The number of benzene rings is 1. The van der Waals surface area contributed by atoms with E-state index >= 15 is 0 Å². The molecule has 1 N–H and O–H groups in total. The van der Waals surface area contributed by atoms with Gasteiger partial charge in [0.1, 0.15) is 5.52 Å². The fraction of sp³-hybridized carbons (Fsp3) is 0.333. The average molecular weight is 280 g/mol. The smallest absolute Gasteiger partial charge is 0.335 e. The van der Waals surface area contributed by atoms with E-state index in [-0.39, 0.29) is 5.56 Å². The highest BCUT2D eigenvalue weighted by molar-refractivity contribution is 7.85. The molecule has 0 bridgehead atoms. The third kappa shape index (κ3) is 2.33. The molecule has 3 rings (SSSR count). The standard InChI is InChI=1S/C12H12N2O4S/c15-11(16)8-1-2-9-10(7-8)18-12(13-9)14-3-5-19(17)6-4-14/h1-2,7H,3-6H2,(H,15,16). The van der Waals surface area contributed by atoms with E-state index in [1.165, 1.54) is 12.1 Å². The van der Waals surface area contributed by atoms with Crippen molar-refractivity contribution in [1.29, 1.82) is 0 Å². The van der Waals surface area contributed by atoms with Crippen LogP contribution in [-0.4, -0.2) is 44.9 Å². The zero-order valence-corrected chi connectivity index (χ0v) is 10.9. The lowest BCUT2D eigenvalue weighted by Crippen LogP contribution is -2.37. The van der Waals surface area contributed by atoms with Crippen LogP contribution in [0.1, 0.15) is 10.4 Å². The van der Waals surface area contributed by atoms with Gasteiger partial charge in [-0.3, -0.25) is 4.21 Å². The molecule has 1 aliphatic heterocycles. The summed E-state index contributed by atoms with van der Waals surface area (Å²) in [7, 11) is -0.751. The van der Waals surface area contributed by atoms with Crippen molar-refractivity contribution in [3.05, 3.63) is 23.8 Å². The van der Waals surface area contributed by atoms with E-state index in [4.69, 9.17) is 9.52 Å². The van der Waals surface area contributed by atoms with Crippen LogP contribution in [0.15, 0.2) is 22.6 Å². The number of hydrogen-bond acceptors (Lipinski definition) is 5. The molecule has 0 amide bonds. The van der Waals surface area contributed by atoms with Gasteiger partial charge in [-0.25, -0.2) is 4.79 Å². The van der Waals surface area contributed by atoms with Crippen LogP contribution in [0.5, 0.6) is 0 Å². The van der Waals surface area contributed by atoms with E-state index in [1.54, 1.807) is 6.07 Å². The van der Waals surface area contributed by atoms with Gasteiger partial charge < -0.3 is 14.4 Å². The topological polar surface area (TPSA) is 83.6 Å². The molecule has 0 radical (unpaired) electrons. The molecule has 0 spiro atoms. The minimum absolute atomic E-state index is 0.176. The van der Waals surface area contributed by atoms with Crippen molar-refractivity contribution in [2.75, 3.05) is 29.5 Å². The Morgan fingerprint density at radius 3 is 2.79 bits per heavy atom. The van der Waals surface area contributed by atoms with E-state index in [0.29, 0.717) is 41.7 Å². The van der Waals surface area contributed by atoms with Crippen LogP contribution in [0.25, 0.3) is 11.1 Å². The van der Waals surface area contributed by atoms with Crippen molar-refractivity contribution < 1.29 is 18.5 Å². The zero-order valence-electron chi connectivity index (χ0n) is 10.0. The molecule has 100 valence electrons. The van der Waals surface area contributed by atoms with E-state index in [2.05, 4.69) is 4.98 Å². The van der Waals surface area contributed by atoms with Gasteiger partial charge in [-0.15, -0.1) is 0 Å². The molecule has 1 aromatic heterocycles. The SMILES string of the molecule is O=C(O)c1ccc2nc(N3CCS(=O)CC3)oc2c1. The number of nitrogens with zero attached hydrogens (tertiary/aromatic N) is 2. The number of hydrogen-bond donors (Lipinski definition) is 1. The van der Waals surface area contributed by atoms with Gasteiger partial charge in [-0.1, -0.05) is 0 Å². The Kier molecular flexibility index (Phi) is 2.98. The van der Waals surface area contributed by atoms with Crippen molar-refractivity contribution >= 4 is 33.9 Å². The number of aromatic carboxylic acids is 1. The fourth-order valence-electron chi connectivity index (χ4n) is 2.01. The van der Waals surface area contributed by atoms with Crippen LogP contribution in [0.2, 0.25) is 0 Å². The minimum Gasteiger partial charge on any atom is -0.478 e. The van der Waals surface area contributed by atoms with Crippen molar-refractivity contribution in [1.82, 2.24) is 4.98 Å². The Balaban J connectivity index is 1.93. The van der Waals surface area contributed by atoms with E-state index in [9.17, 15) is 9.00 Å². The van der Waals surface area contributed by atoms with Gasteiger partial charge in [-0.05, 0) is 18.2 Å². The van der Waals surface area contributed by atoms with Gasteiger partial charge in [0, 0.05) is 35.4 Å². The number of rotatable bonds is 2. The maximum Gasteiger partial charge on any atom is 0.335 e. The first-order chi connectivity index (χ1) is 9.13. The molecule has 1 saturated heterocycles. The van der Waals surface area contributed by atoms with Gasteiger partial charge in [0.05, 0.1) is 5.56 Å². The summed E-state index contributed by atoms with van der Waals surface area (Å²) in [5.41, 5.74) is 1.27. The highest BCUT2D eigenvalue weighted by Gasteiger charge is 2.20. The number of aromatic nitrogens is 1. The molecule has 0 atom stereocenters. The Hall–Kier alpha value is -1.89. The highest BCUT2D eigenvalue weighted by Crippen LogP contribution is 2.23. The van der Waals surface area contributed by atoms with Crippen LogP contribution in [-0.2, 0) is 10.8 Å². The molecule has 1 aliphatic rings. The molecule has 19 heavy (non-hydrogen) atoms. The fourth-order valence-corrected chi connectivity index (χ4v) is 3.06. The second kappa shape index (κ2) is 4.65. The van der Waals surface area contributed by atoms with Crippen LogP contribution in [0.4, 0.5) is 6.01 Å². The largest absolute Gasteiger partial charge is 0.478 e. The molecule has 0 unspecified atom stereocenters. The highest BCUT2D eigenvalue weighted by atomic mass is 32.2. The predicted octanol–water partition coefficient (Wildman–Crippen LogP) is 1.09. The first-order valence-electron chi connectivity index (χ1n) is 5.87. The van der Waals surface area contributed by atoms with Crippen molar-refractivity contribution in [2.45, 2.75) is 0 Å². The Bertz CT molecular complexity index is 657. The molecule has 1 aromatic carbocycles. The summed E-state index contributed by atoms with van der Waals surface area (Å²) in [4.78, 5) is 17.1. The van der Waals surface area contributed by atoms with E-state index in [0.717, 1.165) is 0 Å². The van der Waals surface area contributed by atoms with Gasteiger partial charge in [0.15, 0.2) is 5.58 Å². The number of fused-ring (bicyclic) bond motifs is 1. The molecule has 0 saturated carbocycles. The summed E-state index contributed by atoms with van der Waals surface area (Å²) in [5, 5.41) is 8.92. The number of anilines is 1. The monoisotopic (exact) mass is 280 g/mol. The molecule has 2 heterocycles. The first kappa shape index (κ1) is 12.2. The Morgan fingerprint density at radius 2 is 2.11 bits per heavy atom. The third-order valence-corrected chi connectivity index (χ3v) is 4.35. The van der Waals surface area contributed by atoms with Crippen LogP contribution in [0, 0.1) is 0 Å². The van der Waals surface area contributed by atoms with Crippen molar-refractivity contribution in [3.63, 3.8) is 0 Å². The lowest BCUT2D eigenvalue weighted by Gasteiger charge is -2.24. The quantitative estimate of drug-likeness (QED) is 0.886. The summed E-state index contributed by atoms with van der Waals surface area (Å²) >= 11 is 0. The second-order valence-electron chi connectivity index (χ2n) is 4.32. The molecule has 2 aromatic rings. The summed E-state index contributed by atoms with van der Waals surface area (Å²) in [5.74, 6) is 0.228. The molecule has 6 nitrogen and oxygen atoms in total. The normalized spacial score (nSPS) is 16.9. The number of carboxylic acids is 1. The summed E-state index contributed by atoms with van der Waals surface area (Å²) < 4.78 is 16.9. The number of oxazole rings is 1. The van der Waals surface area contributed by atoms with Gasteiger partial charge >= 0.3 is 5.97 Å². The Labute approximate surface area is 111 Å². The predicted molar refractivity (Wildman–Crippen MR) is 71.1 cm³/mol. The maximum atomic E-state index is 11.3. The maximum absolute atomic E-state index is 11.3. The van der Waals surface area contributed by atoms with E-state index in [1.807, 2.05) is 4.90 Å². The van der Waals surface area contributed by atoms with Crippen molar-refractivity contribution in [2.24, 2.45) is 0 Å². The van der Waals surface area contributed by atoms with Crippen LogP contribution < -0.4 is 4.90 Å². The third-order valence-electron chi connectivity index (χ3n) is 3.07. The van der Waals surface area contributed by atoms with Gasteiger partial charge in [-0.2, -0.15) is 4.98 Å². The zero-order chi connectivity index (χ0) is 13.4. The summed E-state index contributed by atoms with van der Waals surface area (Å²) in [6.07, 6.45) is 0. The minimum atomic E-state index is -0.992. The average Bonchev–Trinajstić information content (AvgIpc) is 2.82. The lowest BCUT2D eigenvalue weighted by molar-refractivity contribution is 0.0697. The second-order valence-corrected chi connectivity index (χ2v) is 6.02. The Morgan fingerprint density at radius 1 is 1.37 bits per heavy atom. The first-order valence-corrected chi connectivity index (χ1v) is 7.36. The van der Waals surface area contributed by atoms with Crippen LogP contribution in [0.3, 0.4) is 0 Å². The van der Waals surface area contributed by atoms with Gasteiger partial charge in [0.2, 0.25) is 0 Å². The lowest BCUT2D eigenvalue weighted by atomic mass is 10.2. The number of carbonyl (C=O) groups is 1.